The van der Waals surface area contributed by atoms with E-state index < -0.39 is 5.97 Å². The molecule has 1 aliphatic rings. The Balaban J connectivity index is 1.78. The fraction of sp³-hybridized carbons (Fsp3) is 0.550. The zero-order chi connectivity index (χ0) is 19.6. The Morgan fingerprint density at radius 1 is 1.19 bits per heavy atom. The molecule has 3 amide bonds. The maximum Gasteiger partial charge on any atom is 0.315 e. The quantitative estimate of drug-likeness (QED) is 0.647. The molecule has 1 aliphatic heterocycles. The van der Waals surface area contributed by atoms with E-state index in [-0.39, 0.29) is 24.4 Å². The molecule has 0 radical (unpaired) electrons. The lowest BCUT2D eigenvalue weighted by atomic mass is 9.97. The van der Waals surface area contributed by atoms with Crippen molar-refractivity contribution < 1.29 is 19.5 Å². The van der Waals surface area contributed by atoms with Gasteiger partial charge in [-0.3, -0.25) is 9.59 Å². The van der Waals surface area contributed by atoms with Crippen molar-refractivity contribution in [2.45, 2.75) is 45.1 Å². The summed E-state index contributed by atoms with van der Waals surface area (Å²) in [6.45, 7) is 3.61. The summed E-state index contributed by atoms with van der Waals surface area (Å²) < 4.78 is 0. The van der Waals surface area contributed by atoms with Crippen molar-refractivity contribution in [1.82, 2.24) is 15.5 Å². The number of carboxylic acids is 1. The molecule has 1 atom stereocenters. The highest BCUT2D eigenvalue weighted by atomic mass is 16.4. The Morgan fingerprint density at radius 2 is 1.85 bits per heavy atom. The summed E-state index contributed by atoms with van der Waals surface area (Å²) in [6.07, 6.45) is 2.76. The summed E-state index contributed by atoms with van der Waals surface area (Å²) >= 11 is 0. The number of hydrogen-bond acceptors (Lipinski definition) is 3. The van der Waals surface area contributed by atoms with Gasteiger partial charge >= 0.3 is 12.0 Å². The average Bonchev–Trinajstić information content (AvgIpc) is 2.65. The second kappa shape index (κ2) is 10.5. The molecular formula is C20H29N3O4. The highest BCUT2D eigenvalue weighted by Gasteiger charge is 2.21. The minimum atomic E-state index is -0.868. The second-order valence-corrected chi connectivity index (χ2v) is 7.12. The zero-order valence-corrected chi connectivity index (χ0v) is 15.8. The molecule has 0 saturated carbocycles. The van der Waals surface area contributed by atoms with Crippen LogP contribution in [-0.4, -0.2) is 53.6 Å². The summed E-state index contributed by atoms with van der Waals surface area (Å²) in [4.78, 5) is 36.4. The molecule has 27 heavy (non-hydrogen) atoms. The summed E-state index contributed by atoms with van der Waals surface area (Å²) in [5.74, 6) is -0.410. The van der Waals surface area contributed by atoms with E-state index >= 15 is 0 Å². The van der Waals surface area contributed by atoms with Crippen LogP contribution in [0.2, 0.25) is 0 Å². The van der Waals surface area contributed by atoms with E-state index in [0.29, 0.717) is 25.3 Å². The number of nitrogens with zero attached hydrogens (tertiary/aromatic N) is 1. The van der Waals surface area contributed by atoms with Crippen molar-refractivity contribution in [3.8, 4) is 0 Å². The first-order chi connectivity index (χ1) is 12.9. The van der Waals surface area contributed by atoms with Crippen LogP contribution in [0.25, 0.3) is 0 Å². The van der Waals surface area contributed by atoms with Crippen LogP contribution in [-0.2, 0) is 16.0 Å². The lowest BCUT2D eigenvalue weighted by Crippen LogP contribution is -2.46. The van der Waals surface area contributed by atoms with Gasteiger partial charge in [-0.1, -0.05) is 30.3 Å². The van der Waals surface area contributed by atoms with Gasteiger partial charge in [0, 0.05) is 39.0 Å². The van der Waals surface area contributed by atoms with Crippen molar-refractivity contribution in [2.24, 2.45) is 5.92 Å². The van der Waals surface area contributed by atoms with Gasteiger partial charge in [0.1, 0.15) is 0 Å². The van der Waals surface area contributed by atoms with Crippen LogP contribution in [0.15, 0.2) is 30.3 Å². The first-order valence-corrected chi connectivity index (χ1v) is 9.49. The maximum absolute atomic E-state index is 12.3. The largest absolute Gasteiger partial charge is 0.481 e. The van der Waals surface area contributed by atoms with E-state index in [0.717, 1.165) is 31.5 Å². The van der Waals surface area contributed by atoms with E-state index in [1.54, 1.807) is 6.92 Å². The van der Waals surface area contributed by atoms with Crippen LogP contribution in [0.3, 0.4) is 0 Å². The molecule has 1 aromatic rings. The highest BCUT2D eigenvalue weighted by Crippen LogP contribution is 2.16. The monoisotopic (exact) mass is 375 g/mol. The van der Waals surface area contributed by atoms with E-state index in [9.17, 15) is 14.4 Å². The molecule has 3 N–H and O–H groups in total. The summed E-state index contributed by atoms with van der Waals surface area (Å²) in [7, 11) is 0. The molecule has 7 heteroatoms. The lowest BCUT2D eigenvalue weighted by molar-refractivity contribution is -0.137. The third-order valence-corrected chi connectivity index (χ3v) is 4.98. The fourth-order valence-electron chi connectivity index (χ4n) is 3.35. The number of aliphatic carboxylic acids is 1. The molecule has 1 unspecified atom stereocenters. The number of likely N-dealkylation sites (tertiary alicyclic amines) is 1. The number of benzene rings is 1. The number of hydrogen-bond donors (Lipinski definition) is 3. The van der Waals surface area contributed by atoms with Crippen molar-refractivity contribution in [3.63, 3.8) is 0 Å². The van der Waals surface area contributed by atoms with Crippen LogP contribution >= 0.6 is 0 Å². The number of carbonyl (C=O) groups excluding carboxylic acids is 2. The number of nitrogens with one attached hydrogen (secondary N) is 2. The molecule has 0 aliphatic carbocycles. The zero-order valence-electron chi connectivity index (χ0n) is 15.8. The molecular weight excluding hydrogens is 346 g/mol. The van der Waals surface area contributed by atoms with E-state index in [1.165, 1.54) is 0 Å². The highest BCUT2D eigenvalue weighted by molar-refractivity contribution is 5.74. The van der Waals surface area contributed by atoms with Crippen LogP contribution < -0.4 is 10.6 Å². The van der Waals surface area contributed by atoms with Crippen molar-refractivity contribution in [1.29, 1.82) is 0 Å². The Bertz CT molecular complexity index is 627. The molecule has 0 bridgehead atoms. The maximum atomic E-state index is 12.3. The number of carbonyl (C=O) groups is 3. The van der Waals surface area contributed by atoms with Crippen LogP contribution in [0.4, 0.5) is 4.79 Å². The van der Waals surface area contributed by atoms with E-state index in [4.69, 9.17) is 5.11 Å². The first kappa shape index (κ1) is 20.7. The van der Waals surface area contributed by atoms with Crippen LogP contribution in [0.1, 0.15) is 38.2 Å². The number of urea groups is 1. The molecule has 1 aromatic carbocycles. The third kappa shape index (κ3) is 7.68. The lowest BCUT2D eigenvalue weighted by Gasteiger charge is -2.31. The Labute approximate surface area is 160 Å². The molecule has 7 nitrogen and oxygen atoms in total. The Morgan fingerprint density at radius 3 is 2.44 bits per heavy atom. The minimum Gasteiger partial charge on any atom is -0.481 e. The fourth-order valence-corrected chi connectivity index (χ4v) is 3.35. The second-order valence-electron chi connectivity index (χ2n) is 7.12. The summed E-state index contributed by atoms with van der Waals surface area (Å²) in [6, 6.07) is 9.21. The van der Waals surface area contributed by atoms with E-state index in [2.05, 4.69) is 10.6 Å². The van der Waals surface area contributed by atoms with Gasteiger partial charge in [0.05, 0.1) is 0 Å². The van der Waals surface area contributed by atoms with Gasteiger partial charge in [-0.05, 0) is 37.2 Å². The predicted molar refractivity (Wildman–Crippen MR) is 102 cm³/mol. The molecule has 0 spiro atoms. The third-order valence-electron chi connectivity index (χ3n) is 4.98. The number of rotatable bonds is 8. The Hall–Kier alpha value is -2.57. The molecule has 1 heterocycles. The van der Waals surface area contributed by atoms with Crippen molar-refractivity contribution >= 4 is 17.9 Å². The van der Waals surface area contributed by atoms with Crippen LogP contribution in [0, 0.1) is 5.92 Å². The van der Waals surface area contributed by atoms with Gasteiger partial charge in [0.25, 0.3) is 0 Å². The van der Waals surface area contributed by atoms with Crippen molar-refractivity contribution in [2.75, 3.05) is 19.6 Å². The van der Waals surface area contributed by atoms with Crippen LogP contribution in [0.5, 0.6) is 0 Å². The van der Waals surface area contributed by atoms with Gasteiger partial charge in [-0.15, -0.1) is 0 Å². The smallest absolute Gasteiger partial charge is 0.315 e. The van der Waals surface area contributed by atoms with Gasteiger partial charge in [0.15, 0.2) is 0 Å². The topological polar surface area (TPSA) is 98.7 Å². The van der Waals surface area contributed by atoms with Gasteiger partial charge in [0.2, 0.25) is 5.91 Å². The van der Waals surface area contributed by atoms with Gasteiger partial charge in [-0.2, -0.15) is 0 Å². The number of amides is 3. The standard InChI is InChI=1S/C20H29N3O4/c1-15(24)23-11-9-17(10-12-23)14-21-20(27)22-18(7-8-19(25)26)13-16-5-3-2-4-6-16/h2-6,17-18H,7-14H2,1H3,(H,25,26)(H2,21,22,27). The SMILES string of the molecule is CC(=O)N1CCC(CNC(=O)NC(CCC(=O)O)Cc2ccccc2)CC1. The van der Waals surface area contributed by atoms with Crippen molar-refractivity contribution in [3.05, 3.63) is 35.9 Å². The average molecular weight is 375 g/mol. The summed E-state index contributed by atoms with van der Waals surface area (Å²) in [5, 5.41) is 14.7. The first-order valence-electron chi connectivity index (χ1n) is 9.49. The molecule has 0 aromatic heterocycles. The van der Waals surface area contributed by atoms with Gasteiger partial charge in [-0.25, -0.2) is 4.79 Å². The molecule has 148 valence electrons. The Kier molecular flexibility index (Phi) is 8.10. The van der Waals surface area contributed by atoms with E-state index in [1.807, 2.05) is 35.2 Å². The molecule has 1 saturated heterocycles. The number of piperidine rings is 1. The molecule has 2 rings (SSSR count). The normalized spacial score (nSPS) is 15.8. The summed E-state index contributed by atoms with van der Waals surface area (Å²) in [5.41, 5.74) is 1.06. The minimum absolute atomic E-state index is 0.0152. The van der Waals surface area contributed by atoms with Gasteiger partial charge < -0.3 is 20.6 Å². The predicted octanol–water partition coefficient (Wildman–Crippen LogP) is 2.02. The molecule has 1 fully saturated rings. The number of carboxylic acid groups (broad SMARTS) is 1.